The third-order valence-electron chi connectivity index (χ3n) is 3.50. The lowest BCUT2D eigenvalue weighted by atomic mass is 10.3. The average Bonchev–Trinajstić information content (AvgIpc) is 2.85. The Morgan fingerprint density at radius 2 is 1.82 bits per heavy atom. The van der Waals surface area contributed by atoms with Crippen molar-refractivity contribution < 1.29 is 9.15 Å². The van der Waals surface area contributed by atoms with Crippen LogP contribution in [0.3, 0.4) is 0 Å². The third-order valence-corrected chi connectivity index (χ3v) is 3.50. The number of nitrogen functional groups attached to an aromatic ring is 1. The maximum absolute atomic E-state index is 11.8. The molecule has 0 amide bonds. The van der Waals surface area contributed by atoms with Crippen molar-refractivity contribution in [3.05, 3.63) is 59.1 Å². The number of hydrogen-bond acceptors (Lipinski definition) is 4. The van der Waals surface area contributed by atoms with Crippen molar-refractivity contribution in [1.82, 2.24) is 4.57 Å². The molecule has 0 aliphatic heterocycles. The molecule has 114 valence electrons. The zero-order valence-corrected chi connectivity index (χ0v) is 12.2. The van der Waals surface area contributed by atoms with E-state index in [1.165, 1.54) is 0 Å². The number of aryl methyl sites for hydroxylation is 1. The normalized spacial score (nSPS) is 10.9. The van der Waals surface area contributed by atoms with E-state index in [0.717, 1.165) is 29.8 Å². The fraction of sp³-hybridized carbons (Fsp3) is 0.235. The van der Waals surface area contributed by atoms with Gasteiger partial charge in [-0.25, -0.2) is 4.79 Å². The summed E-state index contributed by atoms with van der Waals surface area (Å²) in [5.74, 6) is 0.501. The van der Waals surface area contributed by atoms with Gasteiger partial charge in [-0.05, 0) is 49.2 Å². The molecule has 0 bridgehead atoms. The van der Waals surface area contributed by atoms with E-state index < -0.39 is 0 Å². The van der Waals surface area contributed by atoms with E-state index in [0.29, 0.717) is 18.7 Å². The molecule has 0 aliphatic rings. The smallest absolute Gasteiger partial charge is 0.419 e. The summed E-state index contributed by atoms with van der Waals surface area (Å²) >= 11 is 0. The summed E-state index contributed by atoms with van der Waals surface area (Å²) < 4.78 is 12.5. The van der Waals surface area contributed by atoms with Gasteiger partial charge in [0.15, 0.2) is 5.58 Å². The van der Waals surface area contributed by atoms with E-state index >= 15 is 0 Å². The van der Waals surface area contributed by atoms with Gasteiger partial charge < -0.3 is 14.9 Å². The number of unbranched alkanes of at least 4 members (excludes halogenated alkanes) is 1. The molecular weight excluding hydrogens is 280 g/mol. The molecule has 0 saturated carbocycles. The first kappa shape index (κ1) is 14.3. The lowest BCUT2D eigenvalue weighted by molar-refractivity contribution is 0.302. The second kappa shape index (κ2) is 6.39. The van der Waals surface area contributed by atoms with Gasteiger partial charge in [0.25, 0.3) is 0 Å². The minimum absolute atomic E-state index is 0.305. The molecule has 3 rings (SSSR count). The maximum Gasteiger partial charge on any atom is 0.419 e. The fourth-order valence-corrected chi connectivity index (χ4v) is 2.35. The number of nitrogens with zero attached hydrogens (tertiary/aromatic N) is 1. The second-order valence-corrected chi connectivity index (χ2v) is 5.11. The monoisotopic (exact) mass is 298 g/mol. The Morgan fingerprint density at radius 3 is 2.64 bits per heavy atom. The molecule has 2 N–H and O–H groups in total. The van der Waals surface area contributed by atoms with Crippen molar-refractivity contribution >= 4 is 16.8 Å². The van der Waals surface area contributed by atoms with Crippen LogP contribution in [0.5, 0.6) is 5.75 Å². The topological polar surface area (TPSA) is 70.4 Å². The summed E-state index contributed by atoms with van der Waals surface area (Å²) in [5, 5.41) is 0. The Kier molecular flexibility index (Phi) is 4.14. The van der Waals surface area contributed by atoms with Crippen LogP contribution in [0.25, 0.3) is 11.1 Å². The summed E-state index contributed by atoms with van der Waals surface area (Å²) in [4.78, 5) is 11.8. The number of oxazole rings is 1. The highest BCUT2D eigenvalue weighted by Crippen LogP contribution is 2.14. The highest BCUT2D eigenvalue weighted by molar-refractivity contribution is 5.72. The molecule has 5 nitrogen and oxygen atoms in total. The summed E-state index contributed by atoms with van der Waals surface area (Å²) in [6.07, 6.45) is 1.70. The molecule has 5 heteroatoms. The van der Waals surface area contributed by atoms with Gasteiger partial charge in [-0.15, -0.1) is 0 Å². The highest BCUT2D eigenvalue weighted by Gasteiger charge is 2.07. The summed E-state index contributed by atoms with van der Waals surface area (Å²) in [6, 6.07) is 14.8. The van der Waals surface area contributed by atoms with E-state index in [9.17, 15) is 4.79 Å². The lowest BCUT2D eigenvalue weighted by Gasteiger charge is -2.06. The molecule has 2 aromatic carbocycles. The third kappa shape index (κ3) is 3.14. The highest BCUT2D eigenvalue weighted by atomic mass is 16.5. The number of nitrogens with two attached hydrogens (primary N) is 1. The van der Waals surface area contributed by atoms with E-state index in [1.807, 2.05) is 42.5 Å². The first-order valence-corrected chi connectivity index (χ1v) is 7.31. The van der Waals surface area contributed by atoms with Crippen LogP contribution in [0, 0.1) is 0 Å². The van der Waals surface area contributed by atoms with Crippen LogP contribution in [0.1, 0.15) is 12.8 Å². The number of para-hydroxylation sites is 2. The van der Waals surface area contributed by atoms with Crippen molar-refractivity contribution in [2.75, 3.05) is 12.3 Å². The van der Waals surface area contributed by atoms with Gasteiger partial charge in [0, 0.05) is 12.2 Å². The van der Waals surface area contributed by atoms with Crippen LogP contribution >= 0.6 is 0 Å². The summed E-state index contributed by atoms with van der Waals surface area (Å²) in [6.45, 7) is 1.23. The Hall–Kier alpha value is -2.69. The van der Waals surface area contributed by atoms with Crippen LogP contribution in [0.2, 0.25) is 0 Å². The van der Waals surface area contributed by atoms with E-state index in [1.54, 1.807) is 10.6 Å². The predicted molar refractivity (Wildman–Crippen MR) is 86.1 cm³/mol. The van der Waals surface area contributed by atoms with E-state index in [-0.39, 0.29) is 5.76 Å². The number of hydrogen-bond donors (Lipinski definition) is 1. The van der Waals surface area contributed by atoms with Crippen LogP contribution in [0.15, 0.2) is 57.7 Å². The minimum atomic E-state index is -0.305. The van der Waals surface area contributed by atoms with Crippen LogP contribution < -0.4 is 16.2 Å². The molecule has 0 saturated heterocycles. The van der Waals surface area contributed by atoms with Gasteiger partial charge in [-0.2, -0.15) is 0 Å². The number of benzene rings is 2. The second-order valence-electron chi connectivity index (χ2n) is 5.11. The van der Waals surface area contributed by atoms with Crippen molar-refractivity contribution in [2.24, 2.45) is 0 Å². The number of rotatable bonds is 6. The van der Waals surface area contributed by atoms with Crippen molar-refractivity contribution in [1.29, 1.82) is 0 Å². The number of anilines is 1. The van der Waals surface area contributed by atoms with E-state index in [2.05, 4.69) is 0 Å². The van der Waals surface area contributed by atoms with Gasteiger partial charge in [0.05, 0.1) is 12.1 Å². The number of ether oxygens (including phenoxy) is 1. The Morgan fingerprint density at radius 1 is 1.05 bits per heavy atom. The van der Waals surface area contributed by atoms with Crippen LogP contribution in [-0.4, -0.2) is 11.2 Å². The molecule has 0 aliphatic carbocycles. The van der Waals surface area contributed by atoms with Crippen molar-refractivity contribution in [3.63, 3.8) is 0 Å². The maximum atomic E-state index is 11.8. The molecule has 1 aromatic heterocycles. The Bertz CT molecular complexity index is 803. The number of aromatic nitrogens is 1. The van der Waals surface area contributed by atoms with Crippen LogP contribution in [0.4, 0.5) is 5.69 Å². The quantitative estimate of drug-likeness (QED) is 0.561. The molecular formula is C17H18N2O3. The van der Waals surface area contributed by atoms with Crippen LogP contribution in [-0.2, 0) is 6.54 Å². The zero-order chi connectivity index (χ0) is 15.4. The van der Waals surface area contributed by atoms with Gasteiger partial charge in [-0.1, -0.05) is 12.1 Å². The molecule has 0 spiro atoms. The zero-order valence-electron chi connectivity index (χ0n) is 12.2. The molecule has 3 aromatic rings. The average molecular weight is 298 g/mol. The first-order chi connectivity index (χ1) is 10.7. The molecule has 1 heterocycles. The Balaban J connectivity index is 1.51. The summed E-state index contributed by atoms with van der Waals surface area (Å²) in [5.41, 5.74) is 7.81. The minimum Gasteiger partial charge on any atom is -0.494 e. The fourth-order valence-electron chi connectivity index (χ4n) is 2.35. The molecule has 22 heavy (non-hydrogen) atoms. The standard InChI is InChI=1S/C17H18N2O3/c18-13-7-9-14(10-8-13)21-12-4-3-11-19-15-5-1-2-6-16(15)22-17(19)20/h1-2,5-10H,3-4,11-12,18H2. The van der Waals surface area contributed by atoms with Gasteiger partial charge in [0.2, 0.25) is 0 Å². The SMILES string of the molecule is Nc1ccc(OCCCCn2c(=O)oc3ccccc32)cc1. The first-order valence-electron chi connectivity index (χ1n) is 7.31. The summed E-state index contributed by atoms with van der Waals surface area (Å²) in [7, 11) is 0. The van der Waals surface area contributed by atoms with Crippen molar-refractivity contribution in [2.45, 2.75) is 19.4 Å². The molecule has 0 unspecified atom stereocenters. The van der Waals surface area contributed by atoms with Gasteiger partial charge in [-0.3, -0.25) is 4.57 Å². The van der Waals surface area contributed by atoms with Gasteiger partial charge >= 0.3 is 5.76 Å². The van der Waals surface area contributed by atoms with Crippen molar-refractivity contribution in [3.8, 4) is 5.75 Å². The number of fused-ring (bicyclic) bond motifs is 1. The lowest BCUT2D eigenvalue weighted by Crippen LogP contribution is -2.14. The molecule has 0 fully saturated rings. The predicted octanol–water partition coefficient (Wildman–Crippen LogP) is 3.04. The molecule has 0 atom stereocenters. The Labute approximate surface area is 127 Å². The van der Waals surface area contributed by atoms with E-state index in [4.69, 9.17) is 14.9 Å². The largest absolute Gasteiger partial charge is 0.494 e. The van der Waals surface area contributed by atoms with Gasteiger partial charge in [0.1, 0.15) is 5.75 Å². The molecule has 0 radical (unpaired) electrons.